The molecule has 0 bridgehead atoms. The Morgan fingerprint density at radius 3 is 2.00 bits per heavy atom. The largest absolute Gasteiger partial charge is 0.488 e. The predicted octanol–water partition coefficient (Wildman–Crippen LogP) is 6.52. The van der Waals surface area contributed by atoms with Gasteiger partial charge in [0.1, 0.15) is 41.3 Å². The average molecular weight is 550 g/mol. The van der Waals surface area contributed by atoms with Gasteiger partial charge in [-0.25, -0.2) is 14.4 Å². The van der Waals surface area contributed by atoms with Crippen molar-refractivity contribution in [3.63, 3.8) is 0 Å². The van der Waals surface area contributed by atoms with Crippen LogP contribution >= 0.6 is 0 Å². The Bertz CT molecular complexity index is 907. The van der Waals surface area contributed by atoms with E-state index in [1.807, 2.05) is 44.2 Å². The standard InChI is InChI=1S/C30H47NO8/c1-20(2)19-35-25-21(3)36-26(32)23(17-13-14-18-24(25)37-22-15-11-10-12-16-22)31(27(33)38-29(4,5)6)28(34)39-30(7,8)9/h10-12,15-16,20-21,23-25H,13-14,17-19H2,1-9H3/t21-,23-,24-,25-/m0/s1. The minimum absolute atomic E-state index is 0.194. The van der Waals surface area contributed by atoms with E-state index in [4.69, 9.17) is 23.7 Å². The van der Waals surface area contributed by atoms with E-state index < -0.39 is 47.6 Å². The molecule has 1 fully saturated rings. The highest BCUT2D eigenvalue weighted by Crippen LogP contribution is 2.27. The molecule has 0 aliphatic carbocycles. The molecule has 0 aromatic heterocycles. The van der Waals surface area contributed by atoms with Crippen LogP contribution in [0.1, 0.15) is 88.0 Å². The zero-order valence-electron chi connectivity index (χ0n) is 25.0. The summed E-state index contributed by atoms with van der Waals surface area (Å²) in [6, 6.07) is 8.26. The highest BCUT2D eigenvalue weighted by atomic mass is 16.6. The van der Waals surface area contributed by atoms with Gasteiger partial charge in [0.05, 0.1) is 0 Å². The first-order valence-corrected chi connectivity index (χ1v) is 13.9. The number of rotatable bonds is 6. The summed E-state index contributed by atoms with van der Waals surface area (Å²) in [4.78, 5) is 40.8. The molecule has 2 rings (SSSR count). The number of amides is 2. The Kier molecular flexibility index (Phi) is 11.6. The second kappa shape index (κ2) is 14.0. The molecule has 0 unspecified atom stereocenters. The molecule has 1 saturated heterocycles. The van der Waals surface area contributed by atoms with Crippen molar-refractivity contribution in [3.05, 3.63) is 30.3 Å². The highest BCUT2D eigenvalue weighted by molar-refractivity contribution is 5.94. The van der Waals surface area contributed by atoms with Crippen LogP contribution in [0, 0.1) is 5.92 Å². The summed E-state index contributed by atoms with van der Waals surface area (Å²) in [5.74, 6) is 0.233. The van der Waals surface area contributed by atoms with Gasteiger partial charge in [0.15, 0.2) is 0 Å². The lowest BCUT2D eigenvalue weighted by atomic mass is 9.98. The first kappa shape index (κ1) is 32.4. The van der Waals surface area contributed by atoms with Crippen LogP contribution in [-0.4, -0.2) is 65.2 Å². The van der Waals surface area contributed by atoms with E-state index in [-0.39, 0.29) is 18.4 Å². The van der Waals surface area contributed by atoms with Crippen molar-refractivity contribution in [2.45, 2.75) is 124 Å². The number of imide groups is 1. The summed E-state index contributed by atoms with van der Waals surface area (Å²) in [5, 5.41) is 0. The number of hydrogen-bond donors (Lipinski definition) is 0. The molecule has 0 radical (unpaired) electrons. The van der Waals surface area contributed by atoms with Gasteiger partial charge in [-0.1, -0.05) is 38.5 Å². The molecular formula is C30H47NO8. The fraction of sp³-hybridized carbons (Fsp3) is 0.700. The number of benzene rings is 1. The lowest BCUT2D eigenvalue weighted by Crippen LogP contribution is -2.54. The van der Waals surface area contributed by atoms with Crippen molar-refractivity contribution in [2.24, 2.45) is 5.92 Å². The summed E-state index contributed by atoms with van der Waals surface area (Å²) < 4.78 is 29.5. The topological polar surface area (TPSA) is 101 Å². The van der Waals surface area contributed by atoms with Crippen LogP contribution in [0.4, 0.5) is 9.59 Å². The molecule has 0 saturated carbocycles. The van der Waals surface area contributed by atoms with Crippen LogP contribution in [-0.2, 0) is 23.7 Å². The number of nitrogens with zero attached hydrogens (tertiary/aromatic N) is 1. The van der Waals surface area contributed by atoms with Crippen molar-refractivity contribution in [1.29, 1.82) is 0 Å². The third-order valence-electron chi connectivity index (χ3n) is 5.76. The van der Waals surface area contributed by atoms with Crippen LogP contribution in [0.5, 0.6) is 5.75 Å². The van der Waals surface area contributed by atoms with Crippen LogP contribution in [0.15, 0.2) is 30.3 Å². The van der Waals surface area contributed by atoms with Crippen LogP contribution in [0.2, 0.25) is 0 Å². The maximum absolute atomic E-state index is 13.6. The first-order valence-electron chi connectivity index (χ1n) is 13.9. The van der Waals surface area contributed by atoms with Crippen molar-refractivity contribution in [3.8, 4) is 5.75 Å². The van der Waals surface area contributed by atoms with E-state index in [0.717, 1.165) is 4.90 Å². The fourth-order valence-electron chi connectivity index (χ4n) is 4.13. The van der Waals surface area contributed by atoms with Gasteiger partial charge in [0, 0.05) is 6.61 Å². The molecule has 1 aliphatic rings. The van der Waals surface area contributed by atoms with Gasteiger partial charge in [-0.15, -0.1) is 0 Å². The SMILES string of the molecule is CC(C)CO[C@H]1[C@H](C)OC(=O)[C@@H](N(C(=O)OC(C)(C)C)C(=O)OC(C)(C)C)CCCC[C@@H]1Oc1ccccc1. The molecule has 4 atom stereocenters. The summed E-state index contributed by atoms with van der Waals surface area (Å²) in [6.07, 6.45) is -1.53. The molecular weight excluding hydrogens is 502 g/mol. The minimum Gasteiger partial charge on any atom is -0.488 e. The molecule has 1 aliphatic heterocycles. The molecule has 39 heavy (non-hydrogen) atoms. The lowest BCUT2D eigenvalue weighted by Gasteiger charge is -2.36. The zero-order valence-corrected chi connectivity index (χ0v) is 25.0. The molecule has 1 aromatic rings. The number of para-hydroxylation sites is 1. The second-order valence-electron chi connectivity index (χ2n) is 12.4. The van der Waals surface area contributed by atoms with Crippen LogP contribution in [0.3, 0.4) is 0 Å². The number of esters is 1. The Morgan fingerprint density at radius 2 is 1.49 bits per heavy atom. The summed E-state index contributed by atoms with van der Waals surface area (Å²) in [5.41, 5.74) is -1.77. The predicted molar refractivity (Wildman–Crippen MR) is 148 cm³/mol. The molecule has 9 heteroatoms. The number of carbonyl (C=O) groups excluding carboxylic acids is 3. The molecule has 220 valence electrons. The van der Waals surface area contributed by atoms with Gasteiger partial charge in [-0.2, -0.15) is 4.90 Å². The summed E-state index contributed by atoms with van der Waals surface area (Å²) in [7, 11) is 0. The van der Waals surface area contributed by atoms with Gasteiger partial charge >= 0.3 is 18.2 Å². The van der Waals surface area contributed by atoms with Crippen molar-refractivity contribution in [1.82, 2.24) is 4.90 Å². The maximum atomic E-state index is 13.6. The third-order valence-corrected chi connectivity index (χ3v) is 5.76. The van der Waals surface area contributed by atoms with E-state index >= 15 is 0 Å². The Hall–Kier alpha value is -2.81. The number of cyclic esters (lactones) is 1. The number of ether oxygens (including phenoxy) is 5. The Morgan fingerprint density at radius 1 is 0.949 bits per heavy atom. The minimum atomic E-state index is -1.21. The fourth-order valence-corrected chi connectivity index (χ4v) is 4.13. The van der Waals surface area contributed by atoms with Gasteiger partial charge in [0.2, 0.25) is 0 Å². The van der Waals surface area contributed by atoms with E-state index in [2.05, 4.69) is 0 Å². The average Bonchev–Trinajstić information content (AvgIpc) is 2.78. The van der Waals surface area contributed by atoms with E-state index in [1.54, 1.807) is 48.5 Å². The molecule has 0 N–H and O–H groups in total. The molecule has 1 aromatic carbocycles. The molecule has 1 heterocycles. The monoisotopic (exact) mass is 549 g/mol. The van der Waals surface area contributed by atoms with Gasteiger partial charge < -0.3 is 23.7 Å². The highest BCUT2D eigenvalue weighted by Gasteiger charge is 2.43. The second-order valence-corrected chi connectivity index (χ2v) is 12.4. The van der Waals surface area contributed by atoms with E-state index in [0.29, 0.717) is 31.6 Å². The smallest absolute Gasteiger partial charge is 0.420 e. The summed E-state index contributed by atoms with van der Waals surface area (Å²) >= 11 is 0. The van der Waals surface area contributed by atoms with Crippen molar-refractivity contribution >= 4 is 18.2 Å². The third kappa shape index (κ3) is 11.1. The van der Waals surface area contributed by atoms with Gasteiger partial charge in [-0.05, 0) is 85.8 Å². The quantitative estimate of drug-likeness (QED) is 0.292. The lowest BCUT2D eigenvalue weighted by molar-refractivity contribution is -0.169. The van der Waals surface area contributed by atoms with Gasteiger partial charge in [0.25, 0.3) is 0 Å². The number of carbonyl (C=O) groups is 3. The van der Waals surface area contributed by atoms with Crippen molar-refractivity contribution in [2.75, 3.05) is 6.61 Å². The summed E-state index contributed by atoms with van der Waals surface area (Å²) in [6.45, 7) is 16.4. The van der Waals surface area contributed by atoms with Crippen LogP contribution < -0.4 is 4.74 Å². The Balaban J connectivity index is 2.37. The number of hydrogen-bond acceptors (Lipinski definition) is 8. The van der Waals surface area contributed by atoms with E-state index in [9.17, 15) is 14.4 Å². The zero-order chi connectivity index (χ0) is 29.4. The molecule has 0 spiro atoms. The van der Waals surface area contributed by atoms with Gasteiger partial charge in [-0.3, -0.25) is 0 Å². The normalized spacial score (nSPS) is 23.0. The van der Waals surface area contributed by atoms with Crippen LogP contribution in [0.25, 0.3) is 0 Å². The first-order chi connectivity index (χ1) is 18.1. The van der Waals surface area contributed by atoms with E-state index in [1.165, 1.54) is 0 Å². The Labute approximate surface area is 233 Å². The molecule has 9 nitrogen and oxygen atoms in total. The molecule has 2 amide bonds. The van der Waals surface area contributed by atoms with Crippen molar-refractivity contribution < 1.29 is 38.1 Å². The maximum Gasteiger partial charge on any atom is 0.420 e.